The molecule has 4 aromatic rings. The quantitative estimate of drug-likeness (QED) is 0.425. The zero-order chi connectivity index (χ0) is 22.1. The third-order valence-electron chi connectivity index (χ3n) is 4.79. The Kier molecular flexibility index (Phi) is 5.04. The van der Waals surface area contributed by atoms with E-state index in [1.165, 1.54) is 9.20 Å². The van der Waals surface area contributed by atoms with E-state index in [1.54, 1.807) is 55.6 Å². The number of fused-ring (bicyclic) bond motifs is 3. The number of rotatable bonds is 6. The van der Waals surface area contributed by atoms with Crippen LogP contribution in [-0.4, -0.2) is 49.9 Å². The second-order valence-corrected chi connectivity index (χ2v) is 6.75. The van der Waals surface area contributed by atoms with Gasteiger partial charge >= 0.3 is 5.97 Å². The van der Waals surface area contributed by atoms with E-state index < -0.39 is 35.3 Å². The largest absolute Gasteiger partial charge is 0.504 e. The molecule has 2 aromatic heterocycles. The fraction of sp³-hybridized carbons (Fsp3) is 0.143. The molecule has 0 aliphatic heterocycles. The number of benzene rings is 2. The third kappa shape index (κ3) is 3.54. The van der Waals surface area contributed by atoms with Gasteiger partial charge in [0.1, 0.15) is 12.3 Å². The van der Waals surface area contributed by atoms with Gasteiger partial charge in [-0.25, -0.2) is 14.2 Å². The number of hydrogen-bond acceptors (Lipinski definition) is 6. The number of nitrogens with one attached hydrogen (secondary N) is 1. The number of aromatic hydroxyl groups is 1. The first kappa shape index (κ1) is 20.0. The number of methoxy groups -OCH3 is 1. The van der Waals surface area contributed by atoms with E-state index in [4.69, 9.17) is 9.84 Å². The highest BCUT2D eigenvalue weighted by atomic mass is 16.5. The number of ether oxygens (including phenoxy) is 1. The van der Waals surface area contributed by atoms with Crippen LogP contribution in [0.4, 0.5) is 0 Å². The van der Waals surface area contributed by atoms with Crippen molar-refractivity contribution in [3.63, 3.8) is 0 Å². The number of carboxylic acids is 1. The number of nitrogens with zero attached hydrogens (tertiary/aromatic N) is 3. The Morgan fingerprint density at radius 3 is 2.52 bits per heavy atom. The Morgan fingerprint density at radius 1 is 1.13 bits per heavy atom. The summed E-state index contributed by atoms with van der Waals surface area (Å²) in [6, 6.07) is 14.0. The van der Waals surface area contributed by atoms with Gasteiger partial charge in [0.15, 0.2) is 17.0 Å². The van der Waals surface area contributed by atoms with Gasteiger partial charge in [-0.15, -0.1) is 0 Å². The third-order valence-corrected chi connectivity index (χ3v) is 4.79. The standard InChI is InChI=1S/C21H18N4O6/c1-31-13-8-6-12(7-9-13)11-24-21(30)17(20(29)22-10-16(26)27)18(28)19-23-14-4-2-3-5-15(14)25(19)24/h2-9,28H,10-11H2,1H3,(H,22,29)(H,26,27). The Bertz CT molecular complexity index is 1370. The number of aromatic nitrogens is 3. The minimum Gasteiger partial charge on any atom is -0.504 e. The van der Waals surface area contributed by atoms with Crippen molar-refractivity contribution in [3.05, 3.63) is 70.0 Å². The molecular formula is C21H18N4O6. The molecule has 4 rings (SSSR count). The maximum Gasteiger partial charge on any atom is 0.322 e. The molecule has 0 saturated carbocycles. The fourth-order valence-electron chi connectivity index (χ4n) is 3.34. The monoisotopic (exact) mass is 422 g/mol. The number of aliphatic carboxylic acids is 1. The molecule has 2 aromatic carbocycles. The number of amides is 1. The molecule has 31 heavy (non-hydrogen) atoms. The van der Waals surface area contributed by atoms with Crippen LogP contribution in [0.25, 0.3) is 16.7 Å². The lowest BCUT2D eigenvalue weighted by atomic mass is 10.2. The summed E-state index contributed by atoms with van der Waals surface area (Å²) < 4.78 is 7.88. The van der Waals surface area contributed by atoms with E-state index in [2.05, 4.69) is 10.3 Å². The molecule has 158 valence electrons. The second-order valence-electron chi connectivity index (χ2n) is 6.75. The Labute approximate surface area is 174 Å². The molecular weight excluding hydrogens is 404 g/mol. The molecule has 0 atom stereocenters. The lowest BCUT2D eigenvalue weighted by molar-refractivity contribution is -0.135. The van der Waals surface area contributed by atoms with Crippen LogP contribution in [0.15, 0.2) is 53.3 Å². The van der Waals surface area contributed by atoms with Gasteiger partial charge in [0.25, 0.3) is 11.5 Å². The molecule has 10 nitrogen and oxygen atoms in total. The summed E-state index contributed by atoms with van der Waals surface area (Å²) in [6.07, 6.45) is 0. The first-order chi connectivity index (χ1) is 14.9. The van der Waals surface area contributed by atoms with Crippen molar-refractivity contribution < 1.29 is 24.5 Å². The van der Waals surface area contributed by atoms with Crippen LogP contribution >= 0.6 is 0 Å². The molecule has 0 fully saturated rings. The highest BCUT2D eigenvalue weighted by molar-refractivity contribution is 6.00. The average molecular weight is 422 g/mol. The first-order valence-electron chi connectivity index (χ1n) is 9.27. The minimum atomic E-state index is -1.28. The van der Waals surface area contributed by atoms with E-state index in [0.717, 1.165) is 5.56 Å². The molecule has 2 heterocycles. The molecule has 1 amide bonds. The highest BCUT2D eigenvalue weighted by Gasteiger charge is 2.25. The second kappa shape index (κ2) is 7.82. The lowest BCUT2D eigenvalue weighted by Gasteiger charge is -2.14. The molecule has 0 aliphatic rings. The summed E-state index contributed by atoms with van der Waals surface area (Å²) in [4.78, 5) is 41.0. The van der Waals surface area contributed by atoms with Crippen LogP contribution in [0.5, 0.6) is 11.5 Å². The molecule has 0 bridgehead atoms. The minimum absolute atomic E-state index is 0.00906. The Morgan fingerprint density at radius 2 is 1.84 bits per heavy atom. The van der Waals surface area contributed by atoms with Crippen LogP contribution < -0.4 is 15.6 Å². The summed E-state index contributed by atoms with van der Waals surface area (Å²) in [5.41, 5.74) is 0.475. The number of carboxylic acid groups (broad SMARTS) is 1. The summed E-state index contributed by atoms with van der Waals surface area (Å²) >= 11 is 0. The zero-order valence-electron chi connectivity index (χ0n) is 16.4. The number of carbonyl (C=O) groups is 2. The molecule has 0 unspecified atom stereocenters. The van der Waals surface area contributed by atoms with Crippen LogP contribution in [0.2, 0.25) is 0 Å². The number of imidazole rings is 1. The van der Waals surface area contributed by atoms with Crippen molar-refractivity contribution in [1.82, 2.24) is 19.5 Å². The van der Waals surface area contributed by atoms with Gasteiger partial charge in [0.05, 0.1) is 24.7 Å². The van der Waals surface area contributed by atoms with E-state index in [1.807, 2.05) is 0 Å². The Balaban J connectivity index is 1.95. The van der Waals surface area contributed by atoms with Gasteiger partial charge in [-0.1, -0.05) is 24.3 Å². The van der Waals surface area contributed by atoms with Gasteiger partial charge < -0.3 is 20.3 Å². The highest BCUT2D eigenvalue weighted by Crippen LogP contribution is 2.25. The lowest BCUT2D eigenvalue weighted by Crippen LogP contribution is -2.37. The predicted octanol–water partition coefficient (Wildman–Crippen LogP) is 1.23. The van der Waals surface area contributed by atoms with Crippen LogP contribution in [0, 0.1) is 0 Å². The van der Waals surface area contributed by atoms with Gasteiger partial charge in [-0.05, 0) is 29.8 Å². The topological polar surface area (TPSA) is 135 Å². The maximum absolute atomic E-state index is 13.3. The molecule has 0 saturated heterocycles. The average Bonchev–Trinajstić information content (AvgIpc) is 3.15. The van der Waals surface area contributed by atoms with Gasteiger partial charge in [0.2, 0.25) is 0 Å². The predicted molar refractivity (Wildman–Crippen MR) is 111 cm³/mol. The molecule has 3 N–H and O–H groups in total. The molecule has 0 spiro atoms. The van der Waals surface area contributed by atoms with Crippen molar-refractivity contribution in [2.45, 2.75) is 6.54 Å². The van der Waals surface area contributed by atoms with E-state index in [0.29, 0.717) is 16.8 Å². The number of hydrogen-bond donors (Lipinski definition) is 3. The van der Waals surface area contributed by atoms with E-state index in [-0.39, 0.29) is 12.2 Å². The summed E-state index contributed by atoms with van der Waals surface area (Å²) in [5, 5.41) is 21.6. The van der Waals surface area contributed by atoms with Crippen LogP contribution in [0.3, 0.4) is 0 Å². The van der Waals surface area contributed by atoms with E-state index >= 15 is 0 Å². The normalized spacial score (nSPS) is 11.0. The van der Waals surface area contributed by atoms with Gasteiger partial charge in [0, 0.05) is 0 Å². The van der Waals surface area contributed by atoms with Crippen molar-refractivity contribution >= 4 is 28.6 Å². The Hall–Kier alpha value is -4.34. The first-order valence-corrected chi connectivity index (χ1v) is 9.27. The van der Waals surface area contributed by atoms with Crippen molar-refractivity contribution in [3.8, 4) is 11.5 Å². The van der Waals surface area contributed by atoms with Crippen LogP contribution in [-0.2, 0) is 11.3 Å². The summed E-state index contributed by atoms with van der Waals surface area (Å²) in [6.45, 7) is -0.628. The molecule has 10 heteroatoms. The summed E-state index contributed by atoms with van der Waals surface area (Å²) in [7, 11) is 1.54. The molecule has 0 aliphatic carbocycles. The number of para-hydroxylation sites is 2. The van der Waals surface area contributed by atoms with Crippen molar-refractivity contribution in [2.75, 3.05) is 13.7 Å². The fourth-order valence-corrected chi connectivity index (χ4v) is 3.34. The smallest absolute Gasteiger partial charge is 0.322 e. The van der Waals surface area contributed by atoms with Crippen molar-refractivity contribution in [2.24, 2.45) is 0 Å². The summed E-state index contributed by atoms with van der Waals surface area (Å²) in [5.74, 6) is -2.24. The SMILES string of the molecule is COc1ccc(Cn2c(=O)c(C(=O)NCC(=O)O)c(O)c3nc4ccccc4n32)cc1. The zero-order valence-corrected chi connectivity index (χ0v) is 16.4. The maximum atomic E-state index is 13.3. The van der Waals surface area contributed by atoms with Crippen molar-refractivity contribution in [1.29, 1.82) is 0 Å². The van der Waals surface area contributed by atoms with Crippen LogP contribution in [0.1, 0.15) is 15.9 Å². The van der Waals surface area contributed by atoms with E-state index in [9.17, 15) is 19.5 Å². The van der Waals surface area contributed by atoms with Gasteiger partial charge in [-0.2, -0.15) is 0 Å². The van der Waals surface area contributed by atoms with Gasteiger partial charge in [-0.3, -0.25) is 14.4 Å². The molecule has 0 radical (unpaired) electrons. The number of carbonyl (C=O) groups excluding carboxylic acids is 1.